The van der Waals surface area contributed by atoms with Crippen molar-refractivity contribution < 1.29 is 4.42 Å². The maximum absolute atomic E-state index is 6.82. The van der Waals surface area contributed by atoms with Gasteiger partial charge in [-0.25, -0.2) is 0 Å². The Balaban J connectivity index is 1.33. The molecule has 10 rings (SSSR count). The topological polar surface area (TPSA) is 16.4 Å². The lowest BCUT2D eigenvalue weighted by atomic mass is 9.93. The Hall–Kier alpha value is -6.64. The first-order valence-corrected chi connectivity index (χ1v) is 17.1. The maximum Gasteiger partial charge on any atom is 0.143 e. The molecule has 2 nitrogen and oxygen atoms in total. The van der Waals surface area contributed by atoms with Gasteiger partial charge >= 0.3 is 0 Å². The number of fused-ring (bicyclic) bond motifs is 7. The molecule has 0 aliphatic carbocycles. The Labute approximate surface area is 290 Å². The summed E-state index contributed by atoms with van der Waals surface area (Å²) in [6.45, 7) is 0. The van der Waals surface area contributed by atoms with Gasteiger partial charge in [-0.3, -0.25) is 0 Å². The normalized spacial score (nSPS) is 11.6. The Bertz CT molecular complexity index is 2880. The number of hydrogen-bond donors (Lipinski definition) is 0. The summed E-state index contributed by atoms with van der Waals surface area (Å²) < 4.78 is 6.82. The van der Waals surface area contributed by atoms with Crippen molar-refractivity contribution in [3.8, 4) is 22.3 Å². The lowest BCUT2D eigenvalue weighted by Crippen LogP contribution is -2.12. The number of furan rings is 1. The van der Waals surface area contributed by atoms with E-state index in [1.165, 1.54) is 43.8 Å². The number of para-hydroxylation sites is 1. The van der Waals surface area contributed by atoms with E-state index in [1.54, 1.807) is 0 Å². The molecule has 234 valence electrons. The van der Waals surface area contributed by atoms with Gasteiger partial charge in [0, 0.05) is 32.8 Å². The molecular weight excluding hydrogens is 607 g/mol. The Morgan fingerprint density at radius 3 is 1.88 bits per heavy atom. The standard InChI is InChI=1S/C48H31NO/c1-2-15-34(16-3-1)38-21-10-11-26-44(38)49(36-29-28-32-14-4-5-18-35(32)30-36)45-31-43-47-41(39-24-12-19-33-17-6-7-20-37(33)39)25-13-27-46(47)50-48(43)42-23-9-8-22-40(42)45/h1-31H. The number of anilines is 3. The zero-order valence-corrected chi connectivity index (χ0v) is 27.3. The quantitative estimate of drug-likeness (QED) is 0.187. The Morgan fingerprint density at radius 2 is 1.00 bits per heavy atom. The lowest BCUT2D eigenvalue weighted by Gasteiger charge is -2.29. The first-order valence-electron chi connectivity index (χ1n) is 17.1. The molecular formula is C48H31NO. The molecule has 0 N–H and O–H groups in total. The van der Waals surface area contributed by atoms with Gasteiger partial charge < -0.3 is 9.32 Å². The third-order valence-corrected chi connectivity index (χ3v) is 10.0. The average Bonchev–Trinajstić information content (AvgIpc) is 3.57. The fourth-order valence-corrected chi connectivity index (χ4v) is 7.75. The third kappa shape index (κ3) is 4.50. The molecule has 9 aromatic carbocycles. The highest BCUT2D eigenvalue weighted by Crippen LogP contribution is 2.48. The fourth-order valence-electron chi connectivity index (χ4n) is 7.75. The van der Waals surface area contributed by atoms with Gasteiger partial charge in [-0.15, -0.1) is 0 Å². The van der Waals surface area contributed by atoms with Crippen LogP contribution in [-0.2, 0) is 0 Å². The third-order valence-electron chi connectivity index (χ3n) is 10.0. The monoisotopic (exact) mass is 637 g/mol. The Morgan fingerprint density at radius 1 is 0.360 bits per heavy atom. The minimum absolute atomic E-state index is 0.884. The highest BCUT2D eigenvalue weighted by molar-refractivity contribution is 6.23. The fraction of sp³-hybridized carbons (Fsp3) is 0. The highest BCUT2D eigenvalue weighted by atomic mass is 16.3. The van der Waals surface area contributed by atoms with Crippen LogP contribution in [0.5, 0.6) is 0 Å². The summed E-state index contributed by atoms with van der Waals surface area (Å²) in [7, 11) is 0. The second-order valence-electron chi connectivity index (χ2n) is 12.9. The number of rotatable bonds is 5. The molecule has 0 unspecified atom stereocenters. The zero-order valence-electron chi connectivity index (χ0n) is 27.3. The number of hydrogen-bond acceptors (Lipinski definition) is 2. The summed E-state index contributed by atoms with van der Waals surface area (Å²) in [5.41, 5.74) is 9.80. The van der Waals surface area contributed by atoms with Crippen LogP contribution in [0.2, 0.25) is 0 Å². The maximum atomic E-state index is 6.82. The van der Waals surface area contributed by atoms with Crippen LogP contribution < -0.4 is 4.90 Å². The van der Waals surface area contributed by atoms with Crippen LogP contribution in [0.15, 0.2) is 192 Å². The number of benzene rings is 9. The zero-order chi connectivity index (χ0) is 33.0. The van der Waals surface area contributed by atoms with E-state index in [9.17, 15) is 0 Å². The van der Waals surface area contributed by atoms with E-state index in [0.29, 0.717) is 0 Å². The van der Waals surface area contributed by atoms with Crippen LogP contribution in [0.25, 0.3) is 76.5 Å². The van der Waals surface area contributed by atoms with Crippen molar-refractivity contribution >= 4 is 71.3 Å². The molecule has 0 aliphatic heterocycles. The lowest BCUT2D eigenvalue weighted by molar-refractivity contribution is 0.673. The van der Waals surface area contributed by atoms with Crippen molar-refractivity contribution in [1.29, 1.82) is 0 Å². The minimum Gasteiger partial charge on any atom is -0.455 e. The summed E-state index contributed by atoms with van der Waals surface area (Å²) >= 11 is 0. The largest absolute Gasteiger partial charge is 0.455 e. The molecule has 0 spiro atoms. The predicted molar refractivity (Wildman–Crippen MR) is 212 cm³/mol. The van der Waals surface area contributed by atoms with Gasteiger partial charge in [0.05, 0.1) is 11.4 Å². The van der Waals surface area contributed by atoms with Crippen LogP contribution in [0.1, 0.15) is 0 Å². The van der Waals surface area contributed by atoms with Crippen molar-refractivity contribution in [2.75, 3.05) is 4.90 Å². The molecule has 0 radical (unpaired) electrons. The van der Waals surface area contributed by atoms with Crippen LogP contribution in [0.4, 0.5) is 17.1 Å². The molecule has 0 amide bonds. The van der Waals surface area contributed by atoms with Crippen LogP contribution in [-0.4, -0.2) is 0 Å². The van der Waals surface area contributed by atoms with E-state index < -0.39 is 0 Å². The van der Waals surface area contributed by atoms with Gasteiger partial charge in [0.15, 0.2) is 0 Å². The second-order valence-corrected chi connectivity index (χ2v) is 12.9. The summed E-state index contributed by atoms with van der Waals surface area (Å²) in [4.78, 5) is 2.44. The minimum atomic E-state index is 0.884. The predicted octanol–water partition coefficient (Wildman–Crippen LogP) is 13.8. The molecule has 0 aliphatic rings. The molecule has 0 fully saturated rings. The van der Waals surface area contributed by atoms with Gasteiger partial charge in [0.25, 0.3) is 0 Å². The molecule has 1 aromatic heterocycles. The van der Waals surface area contributed by atoms with Crippen molar-refractivity contribution in [2.24, 2.45) is 0 Å². The summed E-state index contributed by atoms with van der Waals surface area (Å²) in [6, 6.07) is 67.5. The molecule has 0 atom stereocenters. The van der Waals surface area contributed by atoms with Crippen molar-refractivity contribution in [2.45, 2.75) is 0 Å². The Kier molecular flexibility index (Phi) is 6.53. The van der Waals surface area contributed by atoms with E-state index >= 15 is 0 Å². The van der Waals surface area contributed by atoms with E-state index in [-0.39, 0.29) is 0 Å². The van der Waals surface area contributed by atoms with Crippen molar-refractivity contribution in [1.82, 2.24) is 0 Å². The summed E-state index contributed by atoms with van der Waals surface area (Å²) in [5, 5.41) is 9.30. The highest BCUT2D eigenvalue weighted by Gasteiger charge is 2.24. The van der Waals surface area contributed by atoms with E-state index in [4.69, 9.17) is 4.42 Å². The van der Waals surface area contributed by atoms with Crippen LogP contribution >= 0.6 is 0 Å². The molecule has 0 saturated carbocycles. The molecule has 2 heteroatoms. The van der Waals surface area contributed by atoms with E-state index in [0.717, 1.165) is 49.8 Å². The first-order chi connectivity index (χ1) is 24.8. The average molecular weight is 638 g/mol. The smallest absolute Gasteiger partial charge is 0.143 e. The van der Waals surface area contributed by atoms with Gasteiger partial charge in [0.1, 0.15) is 11.2 Å². The SMILES string of the molecule is c1ccc(-c2ccccc2N(c2ccc3ccccc3c2)c2cc3c(oc4cccc(-c5cccc6ccccc56)c43)c3ccccc23)cc1. The van der Waals surface area contributed by atoms with Crippen molar-refractivity contribution in [3.63, 3.8) is 0 Å². The van der Waals surface area contributed by atoms with Gasteiger partial charge in [-0.1, -0.05) is 158 Å². The molecule has 10 aromatic rings. The van der Waals surface area contributed by atoms with Crippen LogP contribution in [0, 0.1) is 0 Å². The summed E-state index contributed by atoms with van der Waals surface area (Å²) in [6.07, 6.45) is 0. The number of nitrogens with zero attached hydrogens (tertiary/aromatic N) is 1. The second kappa shape index (κ2) is 11.5. The van der Waals surface area contributed by atoms with Gasteiger partial charge in [0.2, 0.25) is 0 Å². The summed E-state index contributed by atoms with van der Waals surface area (Å²) in [5.74, 6) is 0. The first kappa shape index (κ1) is 28.4. The van der Waals surface area contributed by atoms with E-state index in [1.807, 2.05) is 0 Å². The molecule has 1 heterocycles. The van der Waals surface area contributed by atoms with E-state index in [2.05, 4.69) is 193 Å². The van der Waals surface area contributed by atoms with Gasteiger partial charge in [-0.2, -0.15) is 0 Å². The van der Waals surface area contributed by atoms with Crippen molar-refractivity contribution in [3.05, 3.63) is 188 Å². The molecule has 50 heavy (non-hydrogen) atoms. The molecule has 0 saturated heterocycles. The van der Waals surface area contributed by atoms with Crippen LogP contribution in [0.3, 0.4) is 0 Å². The molecule has 0 bridgehead atoms. The van der Waals surface area contributed by atoms with Gasteiger partial charge in [-0.05, 0) is 68.6 Å².